The maximum Gasteiger partial charge on any atom is 0.194 e. The van der Waals surface area contributed by atoms with E-state index in [1.807, 2.05) is 0 Å². The van der Waals surface area contributed by atoms with Gasteiger partial charge in [0, 0.05) is 32.7 Å². The number of benzene rings is 1. The highest BCUT2D eigenvalue weighted by Crippen LogP contribution is 2.17. The molecule has 1 heterocycles. The number of guanidine groups is 1. The predicted octanol–water partition coefficient (Wildman–Crippen LogP) is 2.28. The van der Waals surface area contributed by atoms with Gasteiger partial charge in [0.05, 0.1) is 26.4 Å². The molecule has 0 radical (unpaired) electrons. The van der Waals surface area contributed by atoms with Crippen molar-refractivity contribution in [1.29, 1.82) is 0 Å². The van der Waals surface area contributed by atoms with Crippen molar-refractivity contribution in [3.63, 3.8) is 0 Å². The maximum atomic E-state index is 13.0. The summed E-state index contributed by atoms with van der Waals surface area (Å²) in [5, 5.41) is 3.34. The predicted molar refractivity (Wildman–Crippen MR) is 93.6 cm³/mol. The van der Waals surface area contributed by atoms with Crippen molar-refractivity contribution in [2.75, 3.05) is 46.6 Å². The van der Waals surface area contributed by atoms with E-state index >= 15 is 0 Å². The Hall–Kier alpha value is -1.66. The number of likely N-dealkylation sites (tertiary alicyclic amines) is 1. The molecular formula is C18H28FN3O2. The van der Waals surface area contributed by atoms with E-state index in [2.05, 4.69) is 22.1 Å². The van der Waals surface area contributed by atoms with Gasteiger partial charge in [-0.05, 0) is 31.0 Å². The molecule has 5 nitrogen and oxygen atoms in total. The zero-order chi connectivity index (χ0) is 17.2. The Morgan fingerprint density at radius 2 is 2.12 bits per heavy atom. The van der Waals surface area contributed by atoms with Crippen LogP contribution < -0.4 is 5.32 Å². The molecule has 1 aromatic rings. The number of hydrogen-bond acceptors (Lipinski definition) is 3. The van der Waals surface area contributed by atoms with Gasteiger partial charge in [0.1, 0.15) is 5.82 Å². The Balaban J connectivity index is 1.85. The second-order valence-electron chi connectivity index (χ2n) is 5.97. The third-order valence-corrected chi connectivity index (χ3v) is 4.03. The van der Waals surface area contributed by atoms with Crippen molar-refractivity contribution < 1.29 is 13.9 Å². The average Bonchev–Trinajstić information content (AvgIpc) is 3.06. The molecule has 6 heteroatoms. The third-order valence-electron chi connectivity index (χ3n) is 4.03. The monoisotopic (exact) mass is 337 g/mol. The van der Waals surface area contributed by atoms with Crippen LogP contribution in [0.25, 0.3) is 0 Å². The first-order valence-corrected chi connectivity index (χ1v) is 8.57. The number of methoxy groups -OCH3 is 1. The van der Waals surface area contributed by atoms with E-state index in [1.54, 1.807) is 19.2 Å². The summed E-state index contributed by atoms with van der Waals surface area (Å²) in [4.78, 5) is 6.96. The Kier molecular flexibility index (Phi) is 7.98. The summed E-state index contributed by atoms with van der Waals surface area (Å²) in [5.74, 6) is 1.23. The minimum absolute atomic E-state index is 0.217. The molecule has 1 N–H and O–H groups in total. The Labute approximate surface area is 143 Å². The van der Waals surface area contributed by atoms with Crippen LogP contribution in [0.15, 0.2) is 29.3 Å². The van der Waals surface area contributed by atoms with Gasteiger partial charge in [-0.15, -0.1) is 0 Å². The van der Waals surface area contributed by atoms with Crippen LogP contribution in [0, 0.1) is 11.7 Å². The first-order chi connectivity index (χ1) is 11.7. The Morgan fingerprint density at radius 3 is 2.83 bits per heavy atom. The van der Waals surface area contributed by atoms with Crippen LogP contribution in [-0.2, 0) is 16.0 Å². The van der Waals surface area contributed by atoms with Crippen molar-refractivity contribution in [2.45, 2.75) is 19.9 Å². The van der Waals surface area contributed by atoms with Crippen LogP contribution in [-0.4, -0.2) is 57.4 Å². The van der Waals surface area contributed by atoms with Gasteiger partial charge in [0.15, 0.2) is 5.96 Å². The minimum Gasteiger partial charge on any atom is -0.382 e. The molecule has 0 amide bonds. The summed E-state index contributed by atoms with van der Waals surface area (Å²) in [7, 11) is 1.68. The number of nitrogens with one attached hydrogen (secondary N) is 1. The van der Waals surface area contributed by atoms with Crippen molar-refractivity contribution in [2.24, 2.45) is 10.9 Å². The number of nitrogens with zero attached hydrogens (tertiary/aromatic N) is 2. The van der Waals surface area contributed by atoms with E-state index in [0.717, 1.165) is 44.2 Å². The van der Waals surface area contributed by atoms with Gasteiger partial charge >= 0.3 is 0 Å². The number of hydrogen-bond donors (Lipinski definition) is 1. The fourth-order valence-electron chi connectivity index (χ4n) is 2.74. The van der Waals surface area contributed by atoms with Crippen molar-refractivity contribution in [3.8, 4) is 0 Å². The van der Waals surface area contributed by atoms with Gasteiger partial charge in [-0.3, -0.25) is 0 Å². The van der Waals surface area contributed by atoms with E-state index in [9.17, 15) is 4.39 Å². The molecule has 1 saturated heterocycles. The zero-order valence-corrected chi connectivity index (χ0v) is 14.6. The van der Waals surface area contributed by atoms with Crippen LogP contribution in [0.1, 0.15) is 18.9 Å². The molecule has 0 saturated carbocycles. The molecular weight excluding hydrogens is 309 g/mol. The zero-order valence-electron chi connectivity index (χ0n) is 14.6. The second kappa shape index (κ2) is 10.3. The number of rotatable bonds is 8. The van der Waals surface area contributed by atoms with E-state index < -0.39 is 0 Å². The van der Waals surface area contributed by atoms with E-state index in [1.165, 1.54) is 12.1 Å². The highest BCUT2D eigenvalue weighted by Gasteiger charge is 2.24. The summed E-state index contributed by atoms with van der Waals surface area (Å²) >= 11 is 0. The number of ether oxygens (including phenoxy) is 2. The largest absolute Gasteiger partial charge is 0.382 e. The standard InChI is InChI=1S/C18H28FN3O2/c1-3-20-18(21-12-15-4-6-17(19)7-5-15)22-9-8-16(13-22)14-24-11-10-23-2/h4-7,16H,3,8-14H2,1-2H3,(H,20,21). The molecule has 1 atom stereocenters. The van der Waals surface area contributed by atoms with E-state index in [4.69, 9.17) is 9.47 Å². The van der Waals surface area contributed by atoms with Gasteiger partial charge in [-0.2, -0.15) is 0 Å². The summed E-state index contributed by atoms with van der Waals surface area (Å²) in [6.07, 6.45) is 1.11. The van der Waals surface area contributed by atoms with Gasteiger partial charge < -0.3 is 19.7 Å². The normalized spacial score (nSPS) is 18.2. The summed E-state index contributed by atoms with van der Waals surface area (Å²) in [5.41, 5.74) is 1.01. The van der Waals surface area contributed by atoms with Gasteiger partial charge in [-0.1, -0.05) is 12.1 Å². The van der Waals surface area contributed by atoms with E-state index in [-0.39, 0.29) is 5.82 Å². The molecule has 134 valence electrons. The van der Waals surface area contributed by atoms with Crippen LogP contribution in [0.3, 0.4) is 0 Å². The SMILES string of the molecule is CCNC(=NCc1ccc(F)cc1)N1CCC(COCCOC)C1. The fraction of sp³-hybridized carbons (Fsp3) is 0.611. The lowest BCUT2D eigenvalue weighted by Gasteiger charge is -2.21. The molecule has 24 heavy (non-hydrogen) atoms. The molecule has 1 aromatic carbocycles. The second-order valence-corrected chi connectivity index (χ2v) is 5.97. The molecule has 0 aromatic heterocycles. The molecule has 1 aliphatic rings. The minimum atomic E-state index is -0.217. The fourth-order valence-corrected chi connectivity index (χ4v) is 2.74. The summed E-state index contributed by atoms with van der Waals surface area (Å²) < 4.78 is 23.6. The Bertz CT molecular complexity index is 507. The smallest absolute Gasteiger partial charge is 0.194 e. The lowest BCUT2D eigenvalue weighted by Crippen LogP contribution is -2.40. The number of aliphatic imine (C=N–C) groups is 1. The van der Waals surface area contributed by atoms with Gasteiger partial charge in [0.2, 0.25) is 0 Å². The summed E-state index contributed by atoms with van der Waals surface area (Å²) in [6, 6.07) is 6.50. The topological polar surface area (TPSA) is 46.1 Å². The van der Waals surface area contributed by atoms with Crippen molar-refractivity contribution in [3.05, 3.63) is 35.6 Å². The average molecular weight is 337 g/mol. The van der Waals surface area contributed by atoms with E-state index in [0.29, 0.717) is 25.7 Å². The Morgan fingerprint density at radius 1 is 1.33 bits per heavy atom. The first kappa shape index (κ1) is 18.7. The first-order valence-electron chi connectivity index (χ1n) is 8.57. The van der Waals surface area contributed by atoms with Crippen LogP contribution in [0.2, 0.25) is 0 Å². The quantitative estimate of drug-likeness (QED) is 0.449. The molecule has 0 aliphatic carbocycles. The lowest BCUT2D eigenvalue weighted by atomic mass is 10.1. The van der Waals surface area contributed by atoms with Crippen LogP contribution in [0.4, 0.5) is 4.39 Å². The van der Waals surface area contributed by atoms with Crippen molar-refractivity contribution in [1.82, 2.24) is 10.2 Å². The lowest BCUT2D eigenvalue weighted by molar-refractivity contribution is 0.0536. The van der Waals surface area contributed by atoms with Crippen LogP contribution >= 0.6 is 0 Å². The van der Waals surface area contributed by atoms with Gasteiger partial charge in [0.25, 0.3) is 0 Å². The number of halogens is 1. The highest BCUT2D eigenvalue weighted by molar-refractivity contribution is 5.80. The van der Waals surface area contributed by atoms with Gasteiger partial charge in [-0.25, -0.2) is 9.38 Å². The molecule has 0 bridgehead atoms. The molecule has 2 rings (SSSR count). The molecule has 0 spiro atoms. The van der Waals surface area contributed by atoms with Crippen LogP contribution in [0.5, 0.6) is 0 Å². The molecule has 1 fully saturated rings. The van der Waals surface area contributed by atoms with Crippen molar-refractivity contribution >= 4 is 5.96 Å². The highest BCUT2D eigenvalue weighted by atomic mass is 19.1. The molecule has 1 unspecified atom stereocenters. The molecule has 1 aliphatic heterocycles. The third kappa shape index (κ3) is 6.09. The summed E-state index contributed by atoms with van der Waals surface area (Å²) in [6.45, 7) is 7.41. The maximum absolute atomic E-state index is 13.0.